The molecule has 1 saturated carbocycles. The van der Waals surface area contributed by atoms with Crippen LogP contribution in [0.5, 0.6) is 5.75 Å². The van der Waals surface area contributed by atoms with Crippen LogP contribution in [0.1, 0.15) is 24.3 Å². The summed E-state index contributed by atoms with van der Waals surface area (Å²) >= 11 is 0. The molecule has 0 spiro atoms. The molecule has 9 heteroatoms. The number of hydrogen-bond acceptors (Lipinski definition) is 4. The SMILES string of the molecule is CN=C(NCCCOCCOC)NC1CC1c1ccccc1OC(F)(F)F. The highest BCUT2D eigenvalue weighted by Crippen LogP contribution is 2.45. The molecule has 1 aliphatic rings. The Bertz CT molecular complexity index is 611. The first-order chi connectivity index (χ1) is 12.9. The Morgan fingerprint density at radius 3 is 2.70 bits per heavy atom. The number of benzene rings is 1. The quantitative estimate of drug-likeness (QED) is 0.366. The topological polar surface area (TPSA) is 64.1 Å². The molecule has 0 aromatic heterocycles. The number of aliphatic imine (C=N–C) groups is 1. The van der Waals surface area contributed by atoms with Gasteiger partial charge >= 0.3 is 6.36 Å². The van der Waals surface area contributed by atoms with Crippen molar-refractivity contribution in [2.45, 2.75) is 31.2 Å². The molecular weight excluding hydrogens is 363 g/mol. The lowest BCUT2D eigenvalue weighted by Crippen LogP contribution is -2.39. The summed E-state index contributed by atoms with van der Waals surface area (Å²) in [4.78, 5) is 4.15. The summed E-state index contributed by atoms with van der Waals surface area (Å²) in [6.07, 6.45) is -3.17. The molecule has 1 aliphatic carbocycles. The molecule has 0 radical (unpaired) electrons. The molecule has 1 aromatic carbocycles. The fraction of sp³-hybridized carbons (Fsp3) is 0.611. The van der Waals surface area contributed by atoms with E-state index in [1.54, 1.807) is 26.3 Å². The van der Waals surface area contributed by atoms with Gasteiger partial charge in [0.2, 0.25) is 0 Å². The Labute approximate surface area is 157 Å². The molecule has 2 atom stereocenters. The van der Waals surface area contributed by atoms with E-state index in [0.717, 1.165) is 12.8 Å². The van der Waals surface area contributed by atoms with E-state index in [4.69, 9.17) is 9.47 Å². The minimum atomic E-state index is -4.70. The van der Waals surface area contributed by atoms with Crippen LogP contribution in [0.25, 0.3) is 0 Å². The van der Waals surface area contributed by atoms with Gasteiger partial charge in [-0.15, -0.1) is 13.2 Å². The molecule has 0 saturated heterocycles. The lowest BCUT2D eigenvalue weighted by atomic mass is 10.1. The summed E-state index contributed by atoms with van der Waals surface area (Å²) in [7, 11) is 3.28. The zero-order chi connectivity index (χ0) is 19.7. The largest absolute Gasteiger partial charge is 0.573 e. The zero-order valence-corrected chi connectivity index (χ0v) is 15.5. The van der Waals surface area contributed by atoms with Crippen LogP contribution < -0.4 is 15.4 Å². The van der Waals surface area contributed by atoms with E-state index in [0.29, 0.717) is 37.9 Å². The van der Waals surface area contributed by atoms with E-state index in [-0.39, 0.29) is 17.7 Å². The first-order valence-corrected chi connectivity index (χ1v) is 8.83. The second-order valence-corrected chi connectivity index (χ2v) is 6.14. The van der Waals surface area contributed by atoms with E-state index in [2.05, 4.69) is 20.4 Å². The van der Waals surface area contributed by atoms with Crippen molar-refractivity contribution >= 4 is 5.96 Å². The fourth-order valence-electron chi connectivity index (χ4n) is 2.70. The molecule has 1 aromatic rings. The molecular formula is C18H26F3N3O3. The van der Waals surface area contributed by atoms with Crippen molar-refractivity contribution in [3.8, 4) is 5.75 Å². The Morgan fingerprint density at radius 1 is 1.22 bits per heavy atom. The molecule has 2 N–H and O–H groups in total. The minimum Gasteiger partial charge on any atom is -0.405 e. The molecule has 2 rings (SSSR count). The number of hydrogen-bond donors (Lipinski definition) is 2. The van der Waals surface area contributed by atoms with Gasteiger partial charge in [0.25, 0.3) is 0 Å². The Kier molecular flexibility index (Phi) is 8.18. The van der Waals surface area contributed by atoms with E-state index in [1.807, 2.05) is 0 Å². The maximum atomic E-state index is 12.6. The first kappa shape index (κ1) is 21.3. The summed E-state index contributed by atoms with van der Waals surface area (Å²) in [5, 5.41) is 6.40. The van der Waals surface area contributed by atoms with Gasteiger partial charge in [-0.1, -0.05) is 18.2 Å². The third-order valence-corrected chi connectivity index (χ3v) is 4.07. The highest BCUT2D eigenvalue weighted by Gasteiger charge is 2.42. The van der Waals surface area contributed by atoms with Crippen molar-refractivity contribution in [1.29, 1.82) is 0 Å². The summed E-state index contributed by atoms with van der Waals surface area (Å²) < 4.78 is 52.1. The van der Waals surface area contributed by atoms with Crippen LogP contribution in [0.3, 0.4) is 0 Å². The van der Waals surface area contributed by atoms with Crippen LogP contribution in [0.4, 0.5) is 13.2 Å². The third kappa shape index (κ3) is 7.64. The summed E-state index contributed by atoms with van der Waals surface area (Å²) in [6.45, 7) is 2.42. The van der Waals surface area contributed by atoms with E-state index < -0.39 is 6.36 Å². The van der Waals surface area contributed by atoms with Gasteiger partial charge in [0.05, 0.1) is 13.2 Å². The number of rotatable bonds is 10. The highest BCUT2D eigenvalue weighted by atomic mass is 19.4. The summed E-state index contributed by atoms with van der Waals surface area (Å²) in [5.41, 5.74) is 0.550. The van der Waals surface area contributed by atoms with Gasteiger partial charge in [0, 0.05) is 39.3 Å². The molecule has 1 fully saturated rings. The van der Waals surface area contributed by atoms with Crippen LogP contribution in [0, 0.1) is 0 Å². The standard InChI is InChI=1S/C18H26F3N3O3/c1-22-17(23-8-5-9-26-11-10-25-2)24-15-12-14(15)13-6-3-4-7-16(13)27-18(19,20)21/h3-4,6-7,14-15H,5,8-12H2,1-2H3,(H2,22,23,24). The van der Waals surface area contributed by atoms with E-state index >= 15 is 0 Å². The van der Waals surface area contributed by atoms with Crippen molar-refractivity contribution < 1.29 is 27.4 Å². The molecule has 2 unspecified atom stereocenters. The van der Waals surface area contributed by atoms with Crippen molar-refractivity contribution in [2.24, 2.45) is 4.99 Å². The number of methoxy groups -OCH3 is 1. The highest BCUT2D eigenvalue weighted by molar-refractivity contribution is 5.80. The first-order valence-electron chi connectivity index (χ1n) is 8.83. The molecule has 0 aliphatic heterocycles. The summed E-state index contributed by atoms with van der Waals surface area (Å²) in [6, 6.07) is 6.28. The van der Waals surface area contributed by atoms with Gasteiger partial charge in [-0.25, -0.2) is 0 Å². The van der Waals surface area contributed by atoms with Gasteiger partial charge in [-0.05, 0) is 24.5 Å². The normalized spacial score (nSPS) is 19.7. The number of nitrogens with zero attached hydrogens (tertiary/aromatic N) is 1. The second kappa shape index (κ2) is 10.4. The van der Waals surface area contributed by atoms with Gasteiger partial charge < -0.3 is 24.8 Å². The van der Waals surface area contributed by atoms with Crippen LogP contribution in [0.15, 0.2) is 29.3 Å². The van der Waals surface area contributed by atoms with Gasteiger partial charge in [-0.2, -0.15) is 0 Å². The Balaban J connectivity index is 1.76. The van der Waals surface area contributed by atoms with Crippen molar-refractivity contribution in [3.63, 3.8) is 0 Å². The van der Waals surface area contributed by atoms with Crippen LogP contribution in [0.2, 0.25) is 0 Å². The number of para-hydroxylation sites is 1. The van der Waals surface area contributed by atoms with Crippen molar-refractivity contribution in [2.75, 3.05) is 40.5 Å². The predicted molar refractivity (Wildman–Crippen MR) is 96.1 cm³/mol. The summed E-state index contributed by atoms with van der Waals surface area (Å²) in [5.74, 6) is 0.434. The maximum absolute atomic E-state index is 12.6. The van der Waals surface area contributed by atoms with Gasteiger partial charge in [0.15, 0.2) is 5.96 Å². The van der Waals surface area contributed by atoms with Crippen LogP contribution >= 0.6 is 0 Å². The number of halogens is 3. The van der Waals surface area contributed by atoms with Crippen LogP contribution in [-0.4, -0.2) is 58.9 Å². The number of nitrogens with one attached hydrogen (secondary N) is 2. The van der Waals surface area contributed by atoms with E-state index in [9.17, 15) is 13.2 Å². The van der Waals surface area contributed by atoms with Crippen molar-refractivity contribution in [3.05, 3.63) is 29.8 Å². The van der Waals surface area contributed by atoms with E-state index in [1.165, 1.54) is 12.1 Å². The molecule has 152 valence electrons. The molecule has 0 bridgehead atoms. The Hall–Kier alpha value is -2.00. The second-order valence-electron chi connectivity index (χ2n) is 6.14. The number of alkyl halides is 3. The average Bonchev–Trinajstić information content (AvgIpc) is 3.38. The lowest BCUT2D eigenvalue weighted by molar-refractivity contribution is -0.274. The molecule has 6 nitrogen and oxygen atoms in total. The molecule has 27 heavy (non-hydrogen) atoms. The third-order valence-electron chi connectivity index (χ3n) is 4.07. The van der Waals surface area contributed by atoms with Gasteiger partial charge in [-0.3, -0.25) is 4.99 Å². The monoisotopic (exact) mass is 389 g/mol. The molecule has 0 heterocycles. The Morgan fingerprint density at radius 2 is 2.00 bits per heavy atom. The minimum absolute atomic E-state index is 0.0205. The number of ether oxygens (including phenoxy) is 3. The van der Waals surface area contributed by atoms with Crippen molar-refractivity contribution in [1.82, 2.24) is 10.6 Å². The van der Waals surface area contributed by atoms with Gasteiger partial charge in [0.1, 0.15) is 5.75 Å². The smallest absolute Gasteiger partial charge is 0.405 e. The fourth-order valence-corrected chi connectivity index (χ4v) is 2.70. The maximum Gasteiger partial charge on any atom is 0.573 e. The molecule has 0 amide bonds. The average molecular weight is 389 g/mol. The zero-order valence-electron chi connectivity index (χ0n) is 15.5. The number of guanidine groups is 1. The lowest BCUT2D eigenvalue weighted by Gasteiger charge is -2.14. The van der Waals surface area contributed by atoms with Crippen LogP contribution in [-0.2, 0) is 9.47 Å². The predicted octanol–water partition coefficient (Wildman–Crippen LogP) is 2.66.